The van der Waals surface area contributed by atoms with E-state index >= 15 is 0 Å². The molecule has 1 unspecified atom stereocenters. The minimum atomic E-state index is -1.79. The summed E-state index contributed by atoms with van der Waals surface area (Å²) < 4.78 is 12.1. The van der Waals surface area contributed by atoms with Gasteiger partial charge in [0.15, 0.2) is 0 Å². The Balaban J connectivity index is 2.68. The first-order chi connectivity index (χ1) is 11.2. The van der Waals surface area contributed by atoms with E-state index in [9.17, 15) is 4.79 Å². The van der Waals surface area contributed by atoms with Crippen molar-refractivity contribution in [3.05, 3.63) is 0 Å². The van der Waals surface area contributed by atoms with Crippen molar-refractivity contribution in [3.8, 4) is 0 Å². The second kappa shape index (κ2) is 9.37. The van der Waals surface area contributed by atoms with Crippen LogP contribution in [0, 0.1) is 11.8 Å². The normalized spacial score (nSPS) is 23.8. The first-order valence-electron chi connectivity index (χ1n) is 10.0. The molecule has 0 aromatic carbocycles. The van der Waals surface area contributed by atoms with E-state index in [-0.39, 0.29) is 11.9 Å². The maximum atomic E-state index is 12.0. The van der Waals surface area contributed by atoms with Crippen LogP contribution in [0.25, 0.3) is 0 Å². The van der Waals surface area contributed by atoms with Gasteiger partial charge in [-0.15, -0.1) is 0 Å². The minimum absolute atomic E-state index is 0.0215. The highest BCUT2D eigenvalue weighted by atomic mass is 28.4. The van der Waals surface area contributed by atoms with E-state index in [0.29, 0.717) is 35.3 Å². The smallest absolute Gasteiger partial charge is 0.308 e. The number of hydrogen-bond donors (Lipinski definition) is 0. The number of esters is 1. The van der Waals surface area contributed by atoms with Crippen LogP contribution >= 0.6 is 0 Å². The summed E-state index contributed by atoms with van der Waals surface area (Å²) in [5.74, 6) is 0.447. The highest BCUT2D eigenvalue weighted by molar-refractivity contribution is 6.77. The zero-order valence-electron chi connectivity index (χ0n) is 17.2. The molecule has 24 heavy (non-hydrogen) atoms. The van der Waals surface area contributed by atoms with Gasteiger partial charge in [0.2, 0.25) is 8.32 Å². The van der Waals surface area contributed by atoms with Crippen LogP contribution in [0.15, 0.2) is 0 Å². The molecule has 0 N–H and O–H groups in total. The van der Waals surface area contributed by atoms with Gasteiger partial charge >= 0.3 is 5.97 Å². The molecule has 1 aliphatic carbocycles. The molecule has 0 saturated heterocycles. The molecule has 0 aromatic rings. The first kappa shape index (κ1) is 21.7. The molecule has 0 spiro atoms. The molecule has 1 fully saturated rings. The fourth-order valence-electron chi connectivity index (χ4n) is 4.87. The van der Waals surface area contributed by atoms with Gasteiger partial charge in [-0.25, -0.2) is 0 Å². The van der Waals surface area contributed by atoms with Gasteiger partial charge in [-0.1, -0.05) is 48.5 Å². The summed E-state index contributed by atoms with van der Waals surface area (Å²) in [5.41, 5.74) is 1.90. The summed E-state index contributed by atoms with van der Waals surface area (Å²) >= 11 is 0. The van der Waals surface area contributed by atoms with E-state index in [1.807, 2.05) is 13.8 Å². The van der Waals surface area contributed by atoms with Crippen LogP contribution in [-0.2, 0) is 14.0 Å². The zero-order valence-corrected chi connectivity index (χ0v) is 18.2. The van der Waals surface area contributed by atoms with E-state index in [2.05, 4.69) is 41.5 Å². The topological polar surface area (TPSA) is 35.5 Å². The fourth-order valence-corrected chi connectivity index (χ4v) is 10.5. The van der Waals surface area contributed by atoms with Gasteiger partial charge in [0.05, 0.1) is 12.5 Å². The SMILES string of the molecule is CCOC(=O)C(C)C1CCC(O[Si](C(C)C)(C(C)C)C(C)C)CC1. The van der Waals surface area contributed by atoms with Gasteiger partial charge in [0.25, 0.3) is 0 Å². The van der Waals surface area contributed by atoms with Crippen molar-refractivity contribution in [2.24, 2.45) is 11.8 Å². The number of carbonyl (C=O) groups excluding carboxylic acids is 1. The molecule has 142 valence electrons. The Labute approximate surface area is 151 Å². The summed E-state index contributed by atoms with van der Waals surface area (Å²) in [6, 6.07) is 0. The van der Waals surface area contributed by atoms with Crippen LogP contribution in [0.2, 0.25) is 16.6 Å². The van der Waals surface area contributed by atoms with E-state index in [1.165, 1.54) is 0 Å². The van der Waals surface area contributed by atoms with E-state index in [1.54, 1.807) is 0 Å². The maximum absolute atomic E-state index is 12.0. The van der Waals surface area contributed by atoms with Crippen LogP contribution in [0.5, 0.6) is 0 Å². The molecule has 1 atom stereocenters. The van der Waals surface area contributed by atoms with Crippen LogP contribution in [0.1, 0.15) is 81.1 Å². The monoisotopic (exact) mass is 356 g/mol. The molecule has 0 heterocycles. The second-order valence-electron chi connectivity index (χ2n) is 8.51. The largest absolute Gasteiger partial charge is 0.466 e. The summed E-state index contributed by atoms with van der Waals surface area (Å²) in [6.45, 7) is 18.5. The average molecular weight is 357 g/mol. The van der Waals surface area contributed by atoms with Crippen LogP contribution < -0.4 is 0 Å². The average Bonchev–Trinajstić information content (AvgIpc) is 2.51. The fraction of sp³-hybridized carbons (Fsp3) is 0.950. The molecule has 4 heteroatoms. The molecule has 0 bridgehead atoms. The first-order valence-corrected chi connectivity index (χ1v) is 12.1. The lowest BCUT2D eigenvalue weighted by molar-refractivity contribution is -0.150. The molecule has 1 aliphatic rings. The highest BCUT2D eigenvalue weighted by Crippen LogP contribution is 2.45. The van der Waals surface area contributed by atoms with Crippen molar-refractivity contribution < 1.29 is 14.0 Å². The molecule has 3 nitrogen and oxygen atoms in total. The van der Waals surface area contributed by atoms with Crippen molar-refractivity contribution >= 4 is 14.3 Å². The van der Waals surface area contributed by atoms with Crippen molar-refractivity contribution in [1.29, 1.82) is 0 Å². The van der Waals surface area contributed by atoms with Crippen molar-refractivity contribution in [1.82, 2.24) is 0 Å². The third kappa shape index (κ3) is 4.84. The van der Waals surface area contributed by atoms with E-state index < -0.39 is 8.32 Å². The summed E-state index contributed by atoms with van der Waals surface area (Å²) in [7, 11) is -1.79. The predicted molar refractivity (Wildman–Crippen MR) is 104 cm³/mol. The van der Waals surface area contributed by atoms with Gasteiger partial charge < -0.3 is 9.16 Å². The lowest BCUT2D eigenvalue weighted by Crippen LogP contribution is -2.50. The lowest BCUT2D eigenvalue weighted by atomic mass is 9.80. The number of carbonyl (C=O) groups is 1. The number of ether oxygens (including phenoxy) is 1. The van der Waals surface area contributed by atoms with Gasteiger partial charge in [0, 0.05) is 6.10 Å². The minimum Gasteiger partial charge on any atom is -0.466 e. The third-order valence-electron chi connectivity index (χ3n) is 6.16. The Morgan fingerprint density at radius 3 is 1.75 bits per heavy atom. The summed E-state index contributed by atoms with van der Waals surface area (Å²) in [6.07, 6.45) is 4.74. The van der Waals surface area contributed by atoms with Gasteiger partial charge in [-0.3, -0.25) is 4.79 Å². The predicted octanol–water partition coefficient (Wildman–Crippen LogP) is 5.94. The second-order valence-corrected chi connectivity index (χ2v) is 13.9. The van der Waals surface area contributed by atoms with Gasteiger partial charge in [-0.2, -0.15) is 0 Å². The third-order valence-corrected chi connectivity index (χ3v) is 12.3. The van der Waals surface area contributed by atoms with Gasteiger partial charge in [-0.05, 0) is 55.1 Å². The lowest BCUT2D eigenvalue weighted by Gasteiger charge is -2.46. The van der Waals surface area contributed by atoms with Gasteiger partial charge in [0.1, 0.15) is 0 Å². The number of rotatable bonds is 8. The maximum Gasteiger partial charge on any atom is 0.308 e. The van der Waals surface area contributed by atoms with E-state index in [4.69, 9.17) is 9.16 Å². The van der Waals surface area contributed by atoms with Crippen LogP contribution in [-0.4, -0.2) is 27.0 Å². The zero-order chi connectivity index (χ0) is 18.5. The van der Waals surface area contributed by atoms with Crippen molar-refractivity contribution in [2.45, 2.75) is 104 Å². The Bertz CT molecular complexity index is 363. The molecule has 0 radical (unpaired) electrons. The number of hydrogen-bond acceptors (Lipinski definition) is 3. The molecular weight excluding hydrogens is 316 g/mol. The Hall–Kier alpha value is -0.353. The highest BCUT2D eigenvalue weighted by Gasteiger charge is 2.47. The molecular formula is C20H40O3Si. The molecule has 1 rings (SSSR count). The Morgan fingerprint density at radius 2 is 1.38 bits per heavy atom. The standard InChI is InChI=1S/C20H40O3Si/c1-9-22-20(21)17(8)18-10-12-19(13-11-18)23-24(14(2)3,15(4)5)16(6)7/h14-19H,9-13H2,1-8H3. The van der Waals surface area contributed by atoms with Crippen molar-refractivity contribution in [2.75, 3.05) is 6.61 Å². The Morgan fingerprint density at radius 1 is 0.917 bits per heavy atom. The van der Waals surface area contributed by atoms with Crippen LogP contribution in [0.3, 0.4) is 0 Å². The quantitative estimate of drug-likeness (QED) is 0.399. The van der Waals surface area contributed by atoms with Crippen molar-refractivity contribution in [3.63, 3.8) is 0 Å². The molecule has 0 aromatic heterocycles. The molecule has 1 saturated carbocycles. The molecule has 0 aliphatic heterocycles. The van der Waals surface area contributed by atoms with E-state index in [0.717, 1.165) is 25.7 Å². The Kier molecular flexibility index (Phi) is 8.47. The molecule has 0 amide bonds. The summed E-state index contributed by atoms with van der Waals surface area (Å²) in [5, 5.41) is 0. The van der Waals surface area contributed by atoms with Crippen LogP contribution in [0.4, 0.5) is 0 Å². The summed E-state index contributed by atoms with van der Waals surface area (Å²) in [4.78, 5) is 12.0.